The highest BCUT2D eigenvalue weighted by atomic mass is 35.5. The molecule has 0 aliphatic heterocycles. The molecule has 1 heterocycles. The van der Waals surface area contributed by atoms with E-state index in [0.29, 0.717) is 21.7 Å². The van der Waals surface area contributed by atoms with E-state index < -0.39 is 0 Å². The van der Waals surface area contributed by atoms with Crippen LogP contribution in [0.15, 0.2) is 84.0 Å². The Kier molecular flexibility index (Phi) is 6.54. The standard InChI is InChI=1S/C23H19ClN4O2S/c1-30-20-13-11-19(12-14-20)28-22(16-5-3-2-4-6-16)26-27-23(28)31-15-21(29)25-18-9-7-17(24)8-10-18/h2-14H,15H2,1H3,(H,25,29). The van der Waals surface area contributed by atoms with Gasteiger partial charge in [0.15, 0.2) is 11.0 Å². The number of thioether (sulfide) groups is 1. The Balaban J connectivity index is 1.58. The van der Waals surface area contributed by atoms with E-state index in [2.05, 4.69) is 15.5 Å². The van der Waals surface area contributed by atoms with Crippen LogP contribution in [0.2, 0.25) is 5.02 Å². The van der Waals surface area contributed by atoms with Crippen molar-refractivity contribution in [2.45, 2.75) is 5.16 Å². The maximum Gasteiger partial charge on any atom is 0.234 e. The van der Waals surface area contributed by atoms with E-state index in [1.807, 2.05) is 59.2 Å². The highest BCUT2D eigenvalue weighted by Crippen LogP contribution is 2.29. The van der Waals surface area contributed by atoms with Gasteiger partial charge in [0.05, 0.1) is 12.9 Å². The summed E-state index contributed by atoms with van der Waals surface area (Å²) in [6.07, 6.45) is 0. The Hall–Kier alpha value is -3.29. The second-order valence-electron chi connectivity index (χ2n) is 6.55. The van der Waals surface area contributed by atoms with Crippen LogP contribution in [-0.4, -0.2) is 33.5 Å². The third kappa shape index (κ3) is 5.07. The number of halogens is 1. The number of methoxy groups -OCH3 is 1. The quantitative estimate of drug-likeness (QED) is 0.385. The third-order valence-electron chi connectivity index (χ3n) is 4.46. The van der Waals surface area contributed by atoms with Gasteiger partial charge in [-0.05, 0) is 48.5 Å². The normalized spacial score (nSPS) is 10.6. The number of nitrogens with one attached hydrogen (secondary N) is 1. The van der Waals surface area contributed by atoms with Crippen LogP contribution in [0.25, 0.3) is 17.1 Å². The lowest BCUT2D eigenvalue weighted by molar-refractivity contribution is -0.113. The number of hydrogen-bond acceptors (Lipinski definition) is 5. The predicted octanol–water partition coefficient (Wildman–Crippen LogP) is 5.33. The molecule has 0 unspecified atom stereocenters. The smallest absolute Gasteiger partial charge is 0.234 e. The molecule has 4 rings (SSSR count). The molecule has 6 nitrogen and oxygen atoms in total. The maximum absolute atomic E-state index is 12.4. The third-order valence-corrected chi connectivity index (χ3v) is 5.64. The van der Waals surface area contributed by atoms with Crippen LogP contribution in [0.3, 0.4) is 0 Å². The molecule has 0 saturated carbocycles. The fourth-order valence-corrected chi connectivity index (χ4v) is 3.84. The average molecular weight is 451 g/mol. The lowest BCUT2D eigenvalue weighted by Gasteiger charge is -2.11. The van der Waals surface area contributed by atoms with E-state index in [4.69, 9.17) is 16.3 Å². The van der Waals surface area contributed by atoms with Crippen molar-refractivity contribution < 1.29 is 9.53 Å². The first-order valence-electron chi connectivity index (χ1n) is 9.47. The van der Waals surface area contributed by atoms with Gasteiger partial charge >= 0.3 is 0 Å². The molecular formula is C23H19ClN4O2S. The van der Waals surface area contributed by atoms with Gasteiger partial charge in [-0.25, -0.2) is 0 Å². The lowest BCUT2D eigenvalue weighted by atomic mass is 10.2. The molecule has 0 fully saturated rings. The van der Waals surface area contributed by atoms with Crippen molar-refractivity contribution in [3.05, 3.63) is 83.9 Å². The largest absolute Gasteiger partial charge is 0.497 e. The number of carbonyl (C=O) groups excluding carboxylic acids is 1. The van der Waals surface area contributed by atoms with Crippen molar-refractivity contribution in [3.63, 3.8) is 0 Å². The molecule has 0 spiro atoms. The fraction of sp³-hybridized carbons (Fsp3) is 0.0870. The molecule has 1 amide bonds. The number of ether oxygens (including phenoxy) is 1. The molecule has 31 heavy (non-hydrogen) atoms. The van der Waals surface area contributed by atoms with E-state index in [0.717, 1.165) is 17.0 Å². The number of aromatic nitrogens is 3. The molecule has 0 aliphatic rings. The first kappa shape index (κ1) is 21.0. The monoisotopic (exact) mass is 450 g/mol. The fourth-order valence-electron chi connectivity index (χ4n) is 2.96. The van der Waals surface area contributed by atoms with Crippen molar-refractivity contribution in [3.8, 4) is 22.8 Å². The number of amides is 1. The van der Waals surface area contributed by atoms with Gasteiger partial charge in [-0.1, -0.05) is 53.7 Å². The Bertz CT molecular complexity index is 1160. The molecule has 1 N–H and O–H groups in total. The Labute approximate surface area is 189 Å². The molecule has 156 valence electrons. The number of anilines is 1. The van der Waals surface area contributed by atoms with Gasteiger partial charge in [0.2, 0.25) is 5.91 Å². The highest BCUT2D eigenvalue weighted by Gasteiger charge is 2.17. The van der Waals surface area contributed by atoms with Gasteiger partial charge in [-0.2, -0.15) is 0 Å². The molecule has 0 atom stereocenters. The first-order valence-corrected chi connectivity index (χ1v) is 10.8. The number of nitrogens with zero attached hydrogens (tertiary/aromatic N) is 3. The van der Waals surface area contributed by atoms with Crippen molar-refractivity contribution in [1.82, 2.24) is 14.8 Å². The van der Waals surface area contributed by atoms with E-state index in [9.17, 15) is 4.79 Å². The zero-order valence-electron chi connectivity index (χ0n) is 16.7. The van der Waals surface area contributed by atoms with Gasteiger partial charge in [0.25, 0.3) is 0 Å². The number of rotatable bonds is 7. The van der Waals surface area contributed by atoms with Crippen LogP contribution in [0.4, 0.5) is 5.69 Å². The topological polar surface area (TPSA) is 69.0 Å². The van der Waals surface area contributed by atoms with E-state index >= 15 is 0 Å². The van der Waals surface area contributed by atoms with Crippen molar-refractivity contribution in [1.29, 1.82) is 0 Å². The number of benzene rings is 3. The molecule has 3 aromatic carbocycles. The Morgan fingerprint density at radius 2 is 1.71 bits per heavy atom. The molecule has 4 aromatic rings. The van der Waals surface area contributed by atoms with Gasteiger partial charge in [-0.3, -0.25) is 9.36 Å². The van der Waals surface area contributed by atoms with Crippen LogP contribution in [0.5, 0.6) is 5.75 Å². The van der Waals surface area contributed by atoms with Gasteiger partial charge < -0.3 is 10.1 Å². The zero-order chi connectivity index (χ0) is 21.6. The summed E-state index contributed by atoms with van der Waals surface area (Å²) >= 11 is 7.21. The summed E-state index contributed by atoms with van der Waals surface area (Å²) in [6.45, 7) is 0. The van der Waals surface area contributed by atoms with Gasteiger partial charge in [-0.15, -0.1) is 10.2 Å². The summed E-state index contributed by atoms with van der Waals surface area (Å²) in [6, 6.07) is 24.4. The van der Waals surface area contributed by atoms with Crippen molar-refractivity contribution in [2.75, 3.05) is 18.2 Å². The average Bonchev–Trinajstić information content (AvgIpc) is 3.24. The van der Waals surface area contributed by atoms with Crippen LogP contribution < -0.4 is 10.1 Å². The van der Waals surface area contributed by atoms with E-state index in [-0.39, 0.29) is 11.7 Å². The minimum absolute atomic E-state index is 0.141. The summed E-state index contributed by atoms with van der Waals surface area (Å²) in [4.78, 5) is 12.4. The van der Waals surface area contributed by atoms with E-state index in [1.54, 1.807) is 31.4 Å². The predicted molar refractivity (Wildman–Crippen MR) is 124 cm³/mol. The van der Waals surface area contributed by atoms with Gasteiger partial charge in [0, 0.05) is 22.0 Å². The summed E-state index contributed by atoms with van der Waals surface area (Å²) in [5, 5.41) is 12.8. The van der Waals surface area contributed by atoms with Crippen LogP contribution in [-0.2, 0) is 4.79 Å². The number of hydrogen-bond donors (Lipinski definition) is 1. The molecular weight excluding hydrogens is 432 g/mol. The highest BCUT2D eigenvalue weighted by molar-refractivity contribution is 7.99. The molecule has 8 heteroatoms. The Morgan fingerprint density at radius 3 is 2.39 bits per heavy atom. The molecule has 0 saturated heterocycles. The second-order valence-corrected chi connectivity index (χ2v) is 7.93. The molecule has 0 radical (unpaired) electrons. The van der Waals surface area contributed by atoms with Gasteiger partial charge in [0.1, 0.15) is 5.75 Å². The SMILES string of the molecule is COc1ccc(-n2c(SCC(=O)Nc3ccc(Cl)cc3)nnc2-c2ccccc2)cc1. The maximum atomic E-state index is 12.4. The summed E-state index contributed by atoms with van der Waals surface area (Å²) in [7, 11) is 1.63. The van der Waals surface area contributed by atoms with Crippen LogP contribution in [0.1, 0.15) is 0 Å². The summed E-state index contributed by atoms with van der Waals surface area (Å²) in [5.41, 5.74) is 2.50. The second kappa shape index (κ2) is 9.68. The van der Waals surface area contributed by atoms with Crippen LogP contribution in [0, 0.1) is 0 Å². The van der Waals surface area contributed by atoms with Crippen LogP contribution >= 0.6 is 23.4 Å². The zero-order valence-corrected chi connectivity index (χ0v) is 18.2. The first-order chi connectivity index (χ1) is 15.1. The summed E-state index contributed by atoms with van der Waals surface area (Å²) in [5.74, 6) is 1.50. The Morgan fingerprint density at radius 1 is 1.00 bits per heavy atom. The lowest BCUT2D eigenvalue weighted by Crippen LogP contribution is -2.14. The molecule has 0 aliphatic carbocycles. The molecule has 1 aromatic heterocycles. The minimum Gasteiger partial charge on any atom is -0.497 e. The van der Waals surface area contributed by atoms with Crippen molar-refractivity contribution in [2.24, 2.45) is 0 Å². The molecule has 0 bridgehead atoms. The minimum atomic E-state index is -0.141. The van der Waals surface area contributed by atoms with E-state index in [1.165, 1.54) is 11.8 Å². The van der Waals surface area contributed by atoms with Crippen molar-refractivity contribution >= 4 is 35.0 Å². The number of carbonyl (C=O) groups is 1. The summed E-state index contributed by atoms with van der Waals surface area (Å²) < 4.78 is 7.21.